The number of imidazole rings is 1. The second-order valence-corrected chi connectivity index (χ2v) is 8.23. The van der Waals surface area contributed by atoms with Gasteiger partial charge in [0.05, 0.1) is 6.20 Å². The van der Waals surface area contributed by atoms with Crippen molar-refractivity contribution in [3.8, 4) is 11.5 Å². The van der Waals surface area contributed by atoms with Crippen LogP contribution in [0.15, 0.2) is 73.1 Å². The number of halogens is 1. The number of nitrogens with one attached hydrogen (secondary N) is 1. The minimum absolute atomic E-state index is 0.138. The number of likely N-dealkylation sites (tertiary alicyclic amines) is 1. The van der Waals surface area contributed by atoms with Crippen LogP contribution in [-0.4, -0.2) is 38.6 Å². The number of urea groups is 1. The highest BCUT2D eigenvalue weighted by molar-refractivity contribution is 5.88. The van der Waals surface area contributed by atoms with Crippen molar-refractivity contribution in [2.24, 2.45) is 5.92 Å². The summed E-state index contributed by atoms with van der Waals surface area (Å²) in [4.78, 5) is 19.0. The third-order valence-electron chi connectivity index (χ3n) is 5.79. The second kappa shape index (κ2) is 9.28. The Morgan fingerprint density at radius 3 is 2.88 bits per heavy atom. The van der Waals surface area contributed by atoms with E-state index in [0.29, 0.717) is 35.4 Å². The zero-order valence-electron chi connectivity index (χ0n) is 18.0. The van der Waals surface area contributed by atoms with Gasteiger partial charge in [-0.2, -0.15) is 9.61 Å². The maximum Gasteiger partial charge on any atom is 0.323 e. The summed E-state index contributed by atoms with van der Waals surface area (Å²) in [6, 6.07) is 17.4. The van der Waals surface area contributed by atoms with Crippen LogP contribution >= 0.6 is 0 Å². The molecule has 0 spiro atoms. The molecule has 1 fully saturated rings. The van der Waals surface area contributed by atoms with Gasteiger partial charge in [0.1, 0.15) is 17.3 Å². The van der Waals surface area contributed by atoms with Crippen molar-refractivity contribution in [3.05, 3.63) is 84.4 Å². The molecule has 1 N–H and O–H groups in total. The number of benzene rings is 2. The molecule has 2 amide bonds. The summed E-state index contributed by atoms with van der Waals surface area (Å²) in [6.45, 7) is 1.40. The smallest absolute Gasteiger partial charge is 0.323 e. The number of hydrogen-bond acceptors (Lipinski definition) is 4. The monoisotopic (exact) mass is 445 g/mol. The summed E-state index contributed by atoms with van der Waals surface area (Å²) in [5.74, 6) is 1.93. The lowest BCUT2D eigenvalue weighted by molar-refractivity contribution is 0.177. The quantitative estimate of drug-likeness (QED) is 0.461. The maximum atomic E-state index is 13.1. The summed E-state index contributed by atoms with van der Waals surface area (Å²) in [5, 5.41) is 7.18. The van der Waals surface area contributed by atoms with Crippen LogP contribution in [0.4, 0.5) is 15.0 Å². The minimum Gasteiger partial charge on any atom is -0.457 e. The van der Waals surface area contributed by atoms with E-state index in [1.807, 2.05) is 35.2 Å². The van der Waals surface area contributed by atoms with Crippen LogP contribution in [0.1, 0.15) is 18.4 Å². The van der Waals surface area contributed by atoms with Gasteiger partial charge >= 0.3 is 6.03 Å². The fraction of sp³-hybridized carbons (Fsp3) is 0.240. The van der Waals surface area contributed by atoms with Gasteiger partial charge in [-0.3, -0.25) is 5.32 Å². The van der Waals surface area contributed by atoms with Crippen LogP contribution < -0.4 is 10.1 Å². The molecule has 1 aliphatic heterocycles. The van der Waals surface area contributed by atoms with Crippen molar-refractivity contribution >= 4 is 17.5 Å². The molecule has 8 heteroatoms. The predicted octanol–water partition coefficient (Wildman–Crippen LogP) is 5.15. The number of nitrogens with zero attached hydrogens (tertiary/aromatic N) is 4. The zero-order valence-corrected chi connectivity index (χ0v) is 18.0. The Labute approximate surface area is 190 Å². The van der Waals surface area contributed by atoms with Crippen molar-refractivity contribution in [3.63, 3.8) is 0 Å². The molecule has 33 heavy (non-hydrogen) atoms. The first kappa shape index (κ1) is 20.9. The summed E-state index contributed by atoms with van der Waals surface area (Å²) >= 11 is 0. The first-order valence-electron chi connectivity index (χ1n) is 11.0. The molecule has 1 atom stereocenters. The van der Waals surface area contributed by atoms with Gasteiger partial charge < -0.3 is 9.64 Å². The molecule has 1 aliphatic rings. The molecule has 4 aromatic rings. The Morgan fingerprint density at radius 1 is 1.12 bits per heavy atom. The number of ether oxygens (including phenoxy) is 1. The molecular weight excluding hydrogens is 421 g/mol. The topological polar surface area (TPSA) is 71.8 Å². The molecule has 2 aromatic carbocycles. The third-order valence-corrected chi connectivity index (χ3v) is 5.79. The van der Waals surface area contributed by atoms with E-state index in [0.717, 1.165) is 31.4 Å². The number of aromatic nitrogens is 3. The number of carbonyl (C=O) groups is 1. The van der Waals surface area contributed by atoms with Gasteiger partial charge in [0.15, 0.2) is 11.5 Å². The highest BCUT2D eigenvalue weighted by atomic mass is 19.1. The normalized spacial score (nSPS) is 16.0. The summed E-state index contributed by atoms with van der Waals surface area (Å²) in [5.41, 5.74) is 1.83. The first-order valence-corrected chi connectivity index (χ1v) is 11.0. The molecule has 1 unspecified atom stereocenters. The molecule has 0 aliphatic carbocycles. The SMILES string of the molecule is O=C(Nc1cnc2cccnn12)N1CCCC(Cc2cccc(Oc3ccc(F)cc3)c2)C1. The van der Waals surface area contributed by atoms with Gasteiger partial charge in [-0.15, -0.1) is 0 Å². The number of carbonyl (C=O) groups excluding carboxylic acids is 1. The molecule has 0 radical (unpaired) electrons. The van der Waals surface area contributed by atoms with Crippen LogP contribution in [0.3, 0.4) is 0 Å². The van der Waals surface area contributed by atoms with E-state index in [1.54, 1.807) is 29.0 Å². The van der Waals surface area contributed by atoms with E-state index >= 15 is 0 Å². The van der Waals surface area contributed by atoms with Crippen LogP contribution in [0, 0.1) is 11.7 Å². The van der Waals surface area contributed by atoms with Gasteiger partial charge in [0.2, 0.25) is 0 Å². The van der Waals surface area contributed by atoms with E-state index in [-0.39, 0.29) is 11.8 Å². The van der Waals surface area contributed by atoms with Crippen molar-refractivity contribution in [2.75, 3.05) is 18.4 Å². The maximum absolute atomic E-state index is 13.1. The van der Waals surface area contributed by atoms with Crippen molar-refractivity contribution < 1.29 is 13.9 Å². The van der Waals surface area contributed by atoms with Crippen LogP contribution in [0.5, 0.6) is 11.5 Å². The van der Waals surface area contributed by atoms with E-state index < -0.39 is 0 Å². The van der Waals surface area contributed by atoms with E-state index in [1.165, 1.54) is 12.1 Å². The van der Waals surface area contributed by atoms with Crippen LogP contribution in [-0.2, 0) is 6.42 Å². The van der Waals surface area contributed by atoms with Crippen molar-refractivity contribution in [1.82, 2.24) is 19.5 Å². The molecule has 1 saturated heterocycles. The number of amides is 2. The highest BCUT2D eigenvalue weighted by Crippen LogP contribution is 2.26. The number of piperidine rings is 1. The lowest BCUT2D eigenvalue weighted by Gasteiger charge is -2.32. The standard InChI is InChI=1S/C25H24FN5O2/c26-20-8-10-21(11-9-20)33-22-6-1-4-18(15-22)14-19-5-3-13-30(17-19)25(32)29-24-16-27-23-7-2-12-28-31(23)24/h1-2,4,6-12,15-16,19H,3,5,13-14,17H2,(H,29,32). The fourth-order valence-electron chi connectivity index (χ4n) is 4.23. The van der Waals surface area contributed by atoms with Gasteiger partial charge in [-0.05, 0) is 79.3 Å². The van der Waals surface area contributed by atoms with E-state index in [2.05, 4.69) is 21.5 Å². The Bertz CT molecular complexity index is 1260. The second-order valence-electron chi connectivity index (χ2n) is 8.23. The third kappa shape index (κ3) is 4.95. The lowest BCUT2D eigenvalue weighted by Crippen LogP contribution is -2.43. The Hall–Kier alpha value is -3.94. The molecule has 3 heterocycles. The van der Waals surface area contributed by atoms with Crippen molar-refractivity contribution in [2.45, 2.75) is 19.3 Å². The molecule has 168 valence electrons. The van der Waals surface area contributed by atoms with Gasteiger partial charge in [-0.1, -0.05) is 12.1 Å². The minimum atomic E-state index is -0.292. The summed E-state index contributed by atoms with van der Waals surface area (Å²) < 4.78 is 20.6. The van der Waals surface area contributed by atoms with Gasteiger partial charge in [-0.25, -0.2) is 14.2 Å². The van der Waals surface area contributed by atoms with Gasteiger partial charge in [0.25, 0.3) is 0 Å². The Morgan fingerprint density at radius 2 is 2.00 bits per heavy atom. The van der Waals surface area contributed by atoms with E-state index in [4.69, 9.17) is 4.74 Å². The predicted molar refractivity (Wildman–Crippen MR) is 123 cm³/mol. The molecule has 5 rings (SSSR count). The van der Waals surface area contributed by atoms with E-state index in [9.17, 15) is 9.18 Å². The molecular formula is C25H24FN5O2. The fourth-order valence-corrected chi connectivity index (χ4v) is 4.23. The molecule has 7 nitrogen and oxygen atoms in total. The Balaban J connectivity index is 1.21. The lowest BCUT2D eigenvalue weighted by atomic mass is 9.91. The number of anilines is 1. The average molecular weight is 445 g/mol. The van der Waals surface area contributed by atoms with Crippen LogP contribution in [0.25, 0.3) is 5.65 Å². The largest absolute Gasteiger partial charge is 0.457 e. The molecule has 0 bridgehead atoms. The number of hydrogen-bond donors (Lipinski definition) is 1. The molecule has 0 saturated carbocycles. The first-order chi connectivity index (χ1) is 16.1. The summed E-state index contributed by atoms with van der Waals surface area (Å²) in [6.07, 6.45) is 6.14. The molecule has 2 aromatic heterocycles. The number of fused-ring (bicyclic) bond motifs is 1. The highest BCUT2D eigenvalue weighted by Gasteiger charge is 2.24. The summed E-state index contributed by atoms with van der Waals surface area (Å²) in [7, 11) is 0. The zero-order chi connectivity index (χ0) is 22.6. The van der Waals surface area contributed by atoms with Gasteiger partial charge in [0, 0.05) is 19.3 Å². The number of rotatable bonds is 5. The Kier molecular flexibility index (Phi) is 5.89. The van der Waals surface area contributed by atoms with Crippen LogP contribution in [0.2, 0.25) is 0 Å². The average Bonchev–Trinajstić information content (AvgIpc) is 3.24. The van der Waals surface area contributed by atoms with Crippen molar-refractivity contribution in [1.29, 1.82) is 0 Å².